The Kier molecular flexibility index (Phi) is 7.67. The third-order valence-electron chi connectivity index (χ3n) is 7.15. The van der Waals surface area contributed by atoms with Crippen LogP contribution in [-0.4, -0.2) is 49.1 Å². The third kappa shape index (κ3) is 5.55. The molecule has 1 amide bonds. The fourth-order valence-corrected chi connectivity index (χ4v) is 5.27. The molecule has 1 unspecified atom stereocenters. The summed E-state index contributed by atoms with van der Waals surface area (Å²) in [5.41, 5.74) is 2.21. The minimum atomic E-state index is 0.245. The first-order valence-corrected chi connectivity index (χ1v) is 12.2. The highest BCUT2D eigenvalue weighted by molar-refractivity contribution is 5.95. The van der Waals surface area contributed by atoms with E-state index < -0.39 is 0 Å². The van der Waals surface area contributed by atoms with Crippen molar-refractivity contribution in [3.63, 3.8) is 0 Å². The van der Waals surface area contributed by atoms with Crippen molar-refractivity contribution >= 4 is 11.6 Å². The number of anilines is 1. The van der Waals surface area contributed by atoms with Crippen molar-refractivity contribution in [1.29, 1.82) is 0 Å². The highest BCUT2D eigenvalue weighted by Gasteiger charge is 2.23. The van der Waals surface area contributed by atoms with Crippen molar-refractivity contribution in [2.45, 2.75) is 89.8 Å². The summed E-state index contributed by atoms with van der Waals surface area (Å²) < 4.78 is 6.25. The molecule has 2 heterocycles. The molecule has 1 N–H and O–H groups in total. The predicted octanol–water partition coefficient (Wildman–Crippen LogP) is 4.49. The molecule has 1 saturated carbocycles. The van der Waals surface area contributed by atoms with E-state index in [1.54, 1.807) is 0 Å². The van der Waals surface area contributed by atoms with Crippen molar-refractivity contribution < 1.29 is 9.53 Å². The van der Waals surface area contributed by atoms with Crippen LogP contribution < -0.4 is 15.0 Å². The Morgan fingerprint density at radius 1 is 1.07 bits per heavy atom. The Morgan fingerprint density at radius 3 is 2.67 bits per heavy atom. The van der Waals surface area contributed by atoms with Gasteiger partial charge in [-0.2, -0.15) is 0 Å². The van der Waals surface area contributed by atoms with Gasteiger partial charge in [-0.05, 0) is 70.2 Å². The largest absolute Gasteiger partial charge is 0.493 e. The van der Waals surface area contributed by atoms with E-state index in [2.05, 4.69) is 35.3 Å². The Balaban J connectivity index is 1.37. The highest BCUT2D eigenvalue weighted by Crippen LogP contribution is 2.29. The standard InChI is InChI=1S/C25H39N3O2/c1-20-8-5-14-27(20)15-7-17-30-24-13-12-23(28-16-6-11-25(28)29)18-21(24)19-26-22-9-3-2-4-10-22/h12-13,18,20,22,26H,2-11,14-17,19H2,1H3. The summed E-state index contributed by atoms with van der Waals surface area (Å²) in [7, 11) is 0. The van der Waals surface area contributed by atoms with Crippen LogP contribution in [0.25, 0.3) is 0 Å². The van der Waals surface area contributed by atoms with Gasteiger partial charge in [-0.1, -0.05) is 19.3 Å². The lowest BCUT2D eigenvalue weighted by molar-refractivity contribution is -0.117. The van der Waals surface area contributed by atoms with E-state index in [9.17, 15) is 4.79 Å². The molecule has 166 valence electrons. The molecule has 0 radical (unpaired) electrons. The van der Waals surface area contributed by atoms with Crippen molar-refractivity contribution in [2.75, 3.05) is 31.1 Å². The van der Waals surface area contributed by atoms with Gasteiger partial charge in [-0.15, -0.1) is 0 Å². The Hall–Kier alpha value is -1.59. The van der Waals surface area contributed by atoms with Gasteiger partial charge in [0.05, 0.1) is 6.61 Å². The fraction of sp³-hybridized carbons (Fsp3) is 0.720. The molecule has 30 heavy (non-hydrogen) atoms. The lowest BCUT2D eigenvalue weighted by Crippen LogP contribution is -2.31. The summed E-state index contributed by atoms with van der Waals surface area (Å²) in [5, 5.41) is 3.76. The van der Waals surface area contributed by atoms with Gasteiger partial charge < -0.3 is 19.9 Å². The maximum atomic E-state index is 12.2. The molecule has 1 aliphatic carbocycles. The summed E-state index contributed by atoms with van der Waals surface area (Å²) >= 11 is 0. The minimum Gasteiger partial charge on any atom is -0.493 e. The van der Waals surface area contributed by atoms with Crippen molar-refractivity contribution in [3.05, 3.63) is 23.8 Å². The number of nitrogens with zero attached hydrogens (tertiary/aromatic N) is 2. The number of carbonyl (C=O) groups excluding carboxylic acids is 1. The van der Waals surface area contributed by atoms with Crippen LogP contribution in [-0.2, 0) is 11.3 Å². The fourth-order valence-electron chi connectivity index (χ4n) is 5.27. The second kappa shape index (κ2) is 10.6. The number of benzene rings is 1. The monoisotopic (exact) mass is 413 g/mol. The van der Waals surface area contributed by atoms with E-state index in [4.69, 9.17) is 4.74 Å². The average Bonchev–Trinajstić information content (AvgIpc) is 3.38. The molecule has 3 aliphatic rings. The molecule has 0 spiro atoms. The molecule has 4 rings (SSSR count). The summed E-state index contributed by atoms with van der Waals surface area (Å²) in [6.45, 7) is 7.10. The molecule has 3 fully saturated rings. The molecular formula is C25H39N3O2. The van der Waals surface area contributed by atoms with E-state index in [-0.39, 0.29) is 5.91 Å². The molecule has 1 aromatic carbocycles. The summed E-state index contributed by atoms with van der Waals surface area (Å²) in [6, 6.07) is 7.65. The molecule has 5 nitrogen and oxygen atoms in total. The molecule has 1 atom stereocenters. The van der Waals surface area contributed by atoms with Crippen LogP contribution in [0.3, 0.4) is 0 Å². The number of ether oxygens (including phenoxy) is 1. The maximum absolute atomic E-state index is 12.2. The minimum absolute atomic E-state index is 0.245. The highest BCUT2D eigenvalue weighted by atomic mass is 16.5. The van der Waals surface area contributed by atoms with Gasteiger partial charge >= 0.3 is 0 Å². The number of amides is 1. The second-order valence-corrected chi connectivity index (χ2v) is 9.39. The summed E-state index contributed by atoms with van der Waals surface area (Å²) in [5.74, 6) is 1.22. The number of hydrogen-bond acceptors (Lipinski definition) is 4. The number of hydrogen-bond donors (Lipinski definition) is 1. The zero-order valence-electron chi connectivity index (χ0n) is 18.7. The predicted molar refractivity (Wildman–Crippen MR) is 122 cm³/mol. The van der Waals surface area contributed by atoms with Crippen LogP contribution in [0.1, 0.15) is 76.7 Å². The Labute approximate surface area is 182 Å². The number of likely N-dealkylation sites (tertiary alicyclic amines) is 1. The molecule has 0 aromatic heterocycles. The quantitative estimate of drug-likeness (QED) is 0.606. The van der Waals surface area contributed by atoms with Crippen molar-refractivity contribution in [3.8, 4) is 5.75 Å². The van der Waals surface area contributed by atoms with E-state index in [0.717, 1.165) is 56.6 Å². The smallest absolute Gasteiger partial charge is 0.227 e. The molecule has 2 aliphatic heterocycles. The van der Waals surface area contributed by atoms with Gasteiger partial charge in [0.25, 0.3) is 0 Å². The second-order valence-electron chi connectivity index (χ2n) is 9.39. The van der Waals surface area contributed by atoms with E-state index >= 15 is 0 Å². The molecule has 5 heteroatoms. The average molecular weight is 414 g/mol. The summed E-state index contributed by atoms with van der Waals surface area (Å²) in [6.07, 6.45) is 11.9. The van der Waals surface area contributed by atoms with Gasteiger partial charge in [-0.3, -0.25) is 4.79 Å². The van der Waals surface area contributed by atoms with E-state index in [1.165, 1.54) is 57.1 Å². The zero-order chi connectivity index (χ0) is 20.8. The summed E-state index contributed by atoms with van der Waals surface area (Å²) in [4.78, 5) is 16.7. The normalized spacial score (nSPS) is 23.4. The van der Waals surface area contributed by atoms with Gasteiger partial charge in [0.15, 0.2) is 0 Å². The Bertz CT molecular complexity index is 702. The van der Waals surface area contributed by atoms with Gasteiger partial charge in [-0.25, -0.2) is 0 Å². The zero-order valence-corrected chi connectivity index (χ0v) is 18.7. The molecule has 0 bridgehead atoms. The molecular weight excluding hydrogens is 374 g/mol. The van der Waals surface area contributed by atoms with Crippen LogP contribution in [0.2, 0.25) is 0 Å². The number of carbonyl (C=O) groups is 1. The van der Waals surface area contributed by atoms with Crippen molar-refractivity contribution in [2.24, 2.45) is 0 Å². The lowest BCUT2D eigenvalue weighted by Gasteiger charge is -2.25. The molecule has 2 saturated heterocycles. The van der Waals surface area contributed by atoms with Crippen LogP contribution >= 0.6 is 0 Å². The van der Waals surface area contributed by atoms with Crippen LogP contribution in [0.15, 0.2) is 18.2 Å². The van der Waals surface area contributed by atoms with Gasteiger partial charge in [0.2, 0.25) is 5.91 Å². The first kappa shape index (κ1) is 21.6. The number of rotatable bonds is 9. The SMILES string of the molecule is CC1CCCN1CCCOc1ccc(N2CCCC2=O)cc1CNC1CCCCC1. The third-order valence-corrected chi connectivity index (χ3v) is 7.15. The van der Waals surface area contributed by atoms with Gasteiger partial charge in [0, 0.05) is 49.4 Å². The van der Waals surface area contributed by atoms with Crippen LogP contribution in [0.5, 0.6) is 5.75 Å². The Morgan fingerprint density at radius 2 is 1.93 bits per heavy atom. The van der Waals surface area contributed by atoms with Crippen LogP contribution in [0.4, 0.5) is 5.69 Å². The topological polar surface area (TPSA) is 44.8 Å². The number of nitrogens with one attached hydrogen (secondary N) is 1. The molecule has 1 aromatic rings. The first-order chi connectivity index (χ1) is 14.7. The van der Waals surface area contributed by atoms with Crippen molar-refractivity contribution in [1.82, 2.24) is 10.2 Å². The first-order valence-electron chi connectivity index (χ1n) is 12.2. The van der Waals surface area contributed by atoms with E-state index in [1.807, 2.05) is 4.90 Å². The van der Waals surface area contributed by atoms with E-state index in [0.29, 0.717) is 12.5 Å². The lowest BCUT2D eigenvalue weighted by atomic mass is 9.95. The van der Waals surface area contributed by atoms with Gasteiger partial charge in [0.1, 0.15) is 5.75 Å². The maximum Gasteiger partial charge on any atom is 0.227 e. The van der Waals surface area contributed by atoms with Crippen LogP contribution in [0, 0.1) is 0 Å².